The van der Waals surface area contributed by atoms with Crippen LogP contribution in [0.15, 0.2) is 41.9 Å². The van der Waals surface area contributed by atoms with Crippen LogP contribution in [0.4, 0.5) is 0 Å². The molecule has 2 aromatic rings. The minimum atomic E-state index is -0.314. The minimum absolute atomic E-state index is 0.241. The van der Waals surface area contributed by atoms with E-state index >= 15 is 0 Å². The Bertz CT molecular complexity index is 425. The second-order valence-corrected chi connectivity index (χ2v) is 3.85. The molecule has 0 saturated carbocycles. The lowest BCUT2D eigenvalue weighted by atomic mass is 10.2. The fourth-order valence-electron chi connectivity index (χ4n) is 1.11. The summed E-state index contributed by atoms with van der Waals surface area (Å²) in [5, 5.41) is 2.66. The van der Waals surface area contributed by atoms with Crippen LogP contribution in [0.25, 0.3) is 0 Å². The van der Waals surface area contributed by atoms with Gasteiger partial charge in [0.15, 0.2) is 0 Å². The summed E-state index contributed by atoms with van der Waals surface area (Å²) in [5.41, 5.74) is 0.564. The van der Waals surface area contributed by atoms with Gasteiger partial charge in [-0.05, 0) is 12.1 Å². The zero-order valence-corrected chi connectivity index (χ0v) is 8.74. The Kier molecular flexibility index (Phi) is 3.09. The first-order valence-corrected chi connectivity index (χ1v) is 5.35. The van der Waals surface area contributed by atoms with Gasteiger partial charge in [0.05, 0.1) is 5.56 Å². The van der Waals surface area contributed by atoms with Crippen LogP contribution >= 0.6 is 11.3 Å². The van der Waals surface area contributed by atoms with Crippen molar-refractivity contribution in [2.24, 2.45) is 0 Å². The number of carbonyl (C=O) groups is 1. The number of hydrogen-bond donors (Lipinski definition) is 0. The maximum atomic E-state index is 11.5. The molecule has 0 amide bonds. The minimum Gasteiger partial charge on any atom is -0.455 e. The lowest BCUT2D eigenvalue weighted by Gasteiger charge is -2.01. The molecule has 0 spiro atoms. The Morgan fingerprint density at radius 1 is 1.33 bits per heavy atom. The Balaban J connectivity index is 1.94. The molecule has 0 aliphatic carbocycles. The number of hydrogen-bond acceptors (Lipinski definition) is 4. The second kappa shape index (κ2) is 4.70. The number of rotatable bonds is 3. The van der Waals surface area contributed by atoms with E-state index in [-0.39, 0.29) is 12.6 Å². The van der Waals surface area contributed by atoms with Crippen LogP contribution in [0.2, 0.25) is 0 Å². The van der Waals surface area contributed by atoms with Gasteiger partial charge in [0.1, 0.15) is 11.6 Å². The summed E-state index contributed by atoms with van der Waals surface area (Å²) < 4.78 is 5.08. The van der Waals surface area contributed by atoms with Crippen LogP contribution in [-0.4, -0.2) is 11.0 Å². The number of aromatic nitrogens is 1. The van der Waals surface area contributed by atoms with Crippen molar-refractivity contribution in [3.63, 3.8) is 0 Å². The molecule has 1 aromatic carbocycles. The molecule has 0 radical (unpaired) electrons. The topological polar surface area (TPSA) is 39.2 Å². The largest absolute Gasteiger partial charge is 0.455 e. The molecule has 1 aromatic heterocycles. The van der Waals surface area contributed by atoms with Crippen LogP contribution in [0.3, 0.4) is 0 Å². The second-order valence-electron chi connectivity index (χ2n) is 2.87. The third kappa shape index (κ3) is 2.63. The summed E-state index contributed by atoms with van der Waals surface area (Å²) in [7, 11) is 0. The molecule has 0 unspecified atom stereocenters. The van der Waals surface area contributed by atoms with Gasteiger partial charge in [-0.15, -0.1) is 11.3 Å². The number of carbonyl (C=O) groups excluding carboxylic acids is 1. The third-order valence-corrected chi connectivity index (χ3v) is 2.57. The molecule has 0 fully saturated rings. The van der Waals surface area contributed by atoms with Gasteiger partial charge in [0, 0.05) is 11.6 Å². The fraction of sp³-hybridized carbons (Fsp3) is 0.0909. The van der Waals surface area contributed by atoms with Crippen molar-refractivity contribution in [3.8, 4) is 0 Å². The Morgan fingerprint density at radius 2 is 2.13 bits per heavy atom. The van der Waals surface area contributed by atoms with Crippen LogP contribution in [0.5, 0.6) is 0 Å². The van der Waals surface area contributed by atoms with Gasteiger partial charge in [-0.1, -0.05) is 18.2 Å². The van der Waals surface area contributed by atoms with Gasteiger partial charge in [0.25, 0.3) is 0 Å². The average molecular weight is 219 g/mol. The predicted octanol–water partition coefficient (Wildman–Crippen LogP) is 2.50. The summed E-state index contributed by atoms with van der Waals surface area (Å²) in [4.78, 5) is 15.5. The van der Waals surface area contributed by atoms with Gasteiger partial charge >= 0.3 is 5.97 Å². The molecule has 2 rings (SSSR count). The maximum Gasteiger partial charge on any atom is 0.338 e. The van der Waals surface area contributed by atoms with Crippen LogP contribution in [0.1, 0.15) is 15.4 Å². The SMILES string of the molecule is O=C(OCc1nccs1)c1ccccc1. The van der Waals surface area contributed by atoms with Gasteiger partial charge in [-0.2, -0.15) is 0 Å². The maximum absolute atomic E-state index is 11.5. The lowest BCUT2D eigenvalue weighted by molar-refractivity contribution is 0.0472. The molecule has 15 heavy (non-hydrogen) atoms. The van der Waals surface area contributed by atoms with E-state index < -0.39 is 0 Å². The van der Waals surface area contributed by atoms with E-state index in [4.69, 9.17) is 4.74 Å². The average Bonchev–Trinajstić information content (AvgIpc) is 2.80. The molecule has 0 aliphatic heterocycles. The Labute approximate surface area is 91.4 Å². The highest BCUT2D eigenvalue weighted by molar-refractivity contribution is 7.09. The van der Waals surface area contributed by atoms with Crippen LogP contribution in [0, 0.1) is 0 Å². The van der Waals surface area contributed by atoms with Crippen molar-refractivity contribution in [2.45, 2.75) is 6.61 Å². The van der Waals surface area contributed by atoms with Crippen molar-refractivity contribution in [3.05, 3.63) is 52.5 Å². The molecular formula is C11H9NO2S. The summed E-state index contributed by atoms with van der Waals surface area (Å²) >= 11 is 1.47. The fourth-order valence-corrected chi connectivity index (χ4v) is 1.64. The van der Waals surface area contributed by atoms with Gasteiger partial charge in [0.2, 0.25) is 0 Å². The van der Waals surface area contributed by atoms with Crippen molar-refractivity contribution >= 4 is 17.3 Å². The highest BCUT2D eigenvalue weighted by Crippen LogP contribution is 2.08. The molecule has 3 nitrogen and oxygen atoms in total. The normalized spacial score (nSPS) is 9.87. The molecule has 0 N–H and O–H groups in total. The Hall–Kier alpha value is -1.68. The van der Waals surface area contributed by atoms with Crippen molar-refractivity contribution < 1.29 is 9.53 Å². The molecular weight excluding hydrogens is 210 g/mol. The quantitative estimate of drug-likeness (QED) is 0.744. The van der Waals surface area contributed by atoms with E-state index in [1.807, 2.05) is 11.4 Å². The first-order chi connectivity index (χ1) is 7.36. The molecule has 0 aliphatic rings. The number of ether oxygens (including phenoxy) is 1. The molecule has 0 atom stereocenters. The molecule has 1 heterocycles. The molecule has 0 saturated heterocycles. The predicted molar refractivity (Wildman–Crippen MR) is 57.7 cm³/mol. The van der Waals surface area contributed by atoms with Gasteiger partial charge in [-0.3, -0.25) is 0 Å². The van der Waals surface area contributed by atoms with E-state index in [1.54, 1.807) is 30.5 Å². The standard InChI is InChI=1S/C11H9NO2S/c13-11(9-4-2-1-3-5-9)14-8-10-12-6-7-15-10/h1-7H,8H2. The number of esters is 1. The first kappa shape index (κ1) is 9.86. The lowest BCUT2D eigenvalue weighted by Crippen LogP contribution is -2.04. The van der Waals surface area contributed by atoms with Crippen LogP contribution in [-0.2, 0) is 11.3 Å². The smallest absolute Gasteiger partial charge is 0.338 e. The summed E-state index contributed by atoms with van der Waals surface area (Å²) in [6.07, 6.45) is 1.69. The first-order valence-electron chi connectivity index (χ1n) is 4.47. The number of nitrogens with zero attached hydrogens (tertiary/aromatic N) is 1. The summed E-state index contributed by atoms with van der Waals surface area (Å²) in [5.74, 6) is -0.314. The monoisotopic (exact) mass is 219 g/mol. The van der Waals surface area contributed by atoms with Gasteiger partial charge in [-0.25, -0.2) is 9.78 Å². The summed E-state index contributed by atoms with van der Waals surface area (Å²) in [6.45, 7) is 0.241. The zero-order valence-electron chi connectivity index (χ0n) is 7.92. The van der Waals surface area contributed by atoms with E-state index in [0.717, 1.165) is 5.01 Å². The van der Waals surface area contributed by atoms with Gasteiger partial charge < -0.3 is 4.74 Å². The van der Waals surface area contributed by atoms with Crippen molar-refractivity contribution in [1.29, 1.82) is 0 Å². The van der Waals surface area contributed by atoms with Crippen molar-refractivity contribution in [2.75, 3.05) is 0 Å². The van der Waals surface area contributed by atoms with Crippen molar-refractivity contribution in [1.82, 2.24) is 4.98 Å². The van der Waals surface area contributed by atoms with E-state index in [9.17, 15) is 4.79 Å². The van der Waals surface area contributed by atoms with E-state index in [2.05, 4.69) is 4.98 Å². The molecule has 4 heteroatoms. The highest BCUT2D eigenvalue weighted by atomic mass is 32.1. The molecule has 76 valence electrons. The zero-order chi connectivity index (χ0) is 10.5. The number of benzene rings is 1. The van der Waals surface area contributed by atoms with E-state index in [0.29, 0.717) is 5.56 Å². The third-order valence-electron chi connectivity index (χ3n) is 1.82. The van der Waals surface area contributed by atoms with E-state index in [1.165, 1.54) is 11.3 Å². The summed E-state index contributed by atoms with van der Waals surface area (Å²) in [6, 6.07) is 8.92. The highest BCUT2D eigenvalue weighted by Gasteiger charge is 2.06. The molecule has 0 bridgehead atoms. The number of thiazole rings is 1. The Morgan fingerprint density at radius 3 is 2.80 bits per heavy atom. The van der Waals surface area contributed by atoms with Crippen LogP contribution < -0.4 is 0 Å².